The first-order chi connectivity index (χ1) is 9.02. The van der Waals surface area contributed by atoms with Crippen LogP contribution in [0, 0.1) is 5.92 Å². The molecule has 0 heterocycles. The summed E-state index contributed by atoms with van der Waals surface area (Å²) in [7, 11) is 0. The Labute approximate surface area is 126 Å². The third-order valence-electron chi connectivity index (χ3n) is 3.02. The highest BCUT2D eigenvalue weighted by Gasteiger charge is 2.06. The van der Waals surface area contributed by atoms with E-state index in [1.54, 1.807) is 0 Å². The van der Waals surface area contributed by atoms with E-state index in [4.69, 9.17) is 4.74 Å². The molecule has 1 rings (SSSR count). The van der Waals surface area contributed by atoms with E-state index < -0.39 is 0 Å². The Kier molecular flexibility index (Phi) is 7.47. The van der Waals surface area contributed by atoms with Gasteiger partial charge in [0, 0.05) is 12.6 Å². The summed E-state index contributed by atoms with van der Waals surface area (Å²) in [6, 6.07) is 6.82. The van der Waals surface area contributed by atoms with E-state index in [0.717, 1.165) is 23.4 Å². The second kappa shape index (κ2) is 8.60. The van der Waals surface area contributed by atoms with Crippen LogP contribution in [-0.4, -0.2) is 12.6 Å². The predicted molar refractivity (Wildman–Crippen MR) is 85.7 cm³/mol. The van der Waals surface area contributed by atoms with Gasteiger partial charge >= 0.3 is 0 Å². The summed E-state index contributed by atoms with van der Waals surface area (Å²) in [5.41, 5.74) is 1.27. The molecule has 0 saturated heterocycles. The lowest BCUT2D eigenvalue weighted by Gasteiger charge is -2.14. The second-order valence-electron chi connectivity index (χ2n) is 5.51. The third-order valence-corrected chi connectivity index (χ3v) is 3.64. The van der Waals surface area contributed by atoms with Crippen molar-refractivity contribution >= 4 is 15.9 Å². The van der Waals surface area contributed by atoms with Crippen molar-refractivity contribution in [2.45, 2.75) is 53.1 Å². The van der Waals surface area contributed by atoms with Gasteiger partial charge in [-0.1, -0.05) is 40.2 Å². The van der Waals surface area contributed by atoms with Gasteiger partial charge in [0.2, 0.25) is 0 Å². The number of ether oxygens (including phenoxy) is 1. The minimum atomic E-state index is 0.504. The zero-order valence-corrected chi connectivity index (χ0v) is 14.1. The van der Waals surface area contributed by atoms with Crippen LogP contribution < -0.4 is 10.1 Å². The number of hydrogen-bond donors (Lipinski definition) is 1. The molecule has 1 unspecified atom stereocenters. The van der Waals surface area contributed by atoms with Crippen LogP contribution in [0.5, 0.6) is 5.75 Å². The Morgan fingerprint density at radius 2 is 2.00 bits per heavy atom. The lowest BCUT2D eigenvalue weighted by atomic mass is 10.1. The van der Waals surface area contributed by atoms with Crippen LogP contribution in [-0.2, 0) is 6.54 Å². The third kappa shape index (κ3) is 6.44. The summed E-state index contributed by atoms with van der Waals surface area (Å²) in [6.45, 7) is 10.4. The molecule has 19 heavy (non-hydrogen) atoms. The number of benzene rings is 1. The van der Waals surface area contributed by atoms with Crippen molar-refractivity contribution in [1.82, 2.24) is 5.32 Å². The lowest BCUT2D eigenvalue weighted by Crippen LogP contribution is -2.21. The molecule has 108 valence electrons. The van der Waals surface area contributed by atoms with E-state index in [-0.39, 0.29) is 0 Å². The van der Waals surface area contributed by atoms with Crippen LogP contribution in [0.1, 0.15) is 46.1 Å². The molecule has 0 saturated carbocycles. The molecular formula is C16H26BrNO. The van der Waals surface area contributed by atoms with E-state index in [1.165, 1.54) is 18.4 Å². The van der Waals surface area contributed by atoms with Gasteiger partial charge in [0.05, 0.1) is 11.1 Å². The van der Waals surface area contributed by atoms with E-state index in [1.807, 2.05) is 0 Å². The number of rotatable bonds is 8. The zero-order chi connectivity index (χ0) is 14.3. The molecule has 2 nitrogen and oxygen atoms in total. The summed E-state index contributed by atoms with van der Waals surface area (Å²) in [5.74, 6) is 1.55. The Hall–Kier alpha value is -0.540. The van der Waals surface area contributed by atoms with E-state index in [0.29, 0.717) is 12.0 Å². The maximum absolute atomic E-state index is 5.86. The highest BCUT2D eigenvalue weighted by molar-refractivity contribution is 9.10. The summed E-state index contributed by atoms with van der Waals surface area (Å²) in [4.78, 5) is 0. The fourth-order valence-electron chi connectivity index (χ4n) is 1.90. The molecule has 1 aromatic carbocycles. The van der Waals surface area contributed by atoms with Gasteiger partial charge in [0.15, 0.2) is 0 Å². The van der Waals surface area contributed by atoms with Gasteiger partial charge in [-0.25, -0.2) is 0 Å². The summed E-state index contributed by atoms with van der Waals surface area (Å²) >= 11 is 3.59. The largest absolute Gasteiger partial charge is 0.492 e. The van der Waals surface area contributed by atoms with Crippen LogP contribution in [0.15, 0.2) is 22.7 Å². The first-order valence-corrected chi connectivity index (χ1v) is 7.96. The SMILES string of the molecule is CCCC(C)COc1ccc(CNC(C)C)cc1Br. The fraction of sp³-hybridized carbons (Fsp3) is 0.625. The van der Waals surface area contributed by atoms with Crippen LogP contribution in [0.25, 0.3) is 0 Å². The second-order valence-corrected chi connectivity index (χ2v) is 6.36. The number of nitrogens with one attached hydrogen (secondary N) is 1. The van der Waals surface area contributed by atoms with Crippen molar-refractivity contribution in [3.05, 3.63) is 28.2 Å². The normalized spacial score (nSPS) is 12.7. The van der Waals surface area contributed by atoms with Crippen LogP contribution >= 0.6 is 15.9 Å². The molecule has 0 bridgehead atoms. The van der Waals surface area contributed by atoms with E-state index in [2.05, 4.69) is 67.1 Å². The van der Waals surface area contributed by atoms with E-state index >= 15 is 0 Å². The minimum absolute atomic E-state index is 0.504. The first kappa shape index (κ1) is 16.5. The van der Waals surface area contributed by atoms with Gasteiger partial charge in [-0.05, 0) is 46.0 Å². The van der Waals surface area contributed by atoms with Crippen molar-refractivity contribution in [3.63, 3.8) is 0 Å². The van der Waals surface area contributed by atoms with Gasteiger partial charge in [0.25, 0.3) is 0 Å². The highest BCUT2D eigenvalue weighted by atomic mass is 79.9. The Bertz CT molecular complexity index is 379. The van der Waals surface area contributed by atoms with Crippen molar-refractivity contribution < 1.29 is 4.74 Å². The van der Waals surface area contributed by atoms with Crippen molar-refractivity contribution in [1.29, 1.82) is 0 Å². The zero-order valence-electron chi connectivity index (χ0n) is 12.5. The highest BCUT2D eigenvalue weighted by Crippen LogP contribution is 2.26. The molecule has 0 aliphatic carbocycles. The van der Waals surface area contributed by atoms with Gasteiger partial charge in [0.1, 0.15) is 5.75 Å². The molecule has 0 aliphatic heterocycles. The van der Waals surface area contributed by atoms with Crippen LogP contribution in [0.2, 0.25) is 0 Å². The van der Waals surface area contributed by atoms with Crippen LogP contribution in [0.4, 0.5) is 0 Å². The maximum atomic E-state index is 5.86. The molecule has 1 atom stereocenters. The number of hydrogen-bond acceptors (Lipinski definition) is 2. The van der Waals surface area contributed by atoms with E-state index in [9.17, 15) is 0 Å². The Morgan fingerprint density at radius 3 is 2.58 bits per heavy atom. The molecule has 0 fully saturated rings. The molecule has 1 aromatic rings. The smallest absolute Gasteiger partial charge is 0.133 e. The predicted octanol–water partition coefficient (Wildman–Crippen LogP) is 4.76. The fourth-order valence-corrected chi connectivity index (χ4v) is 2.44. The van der Waals surface area contributed by atoms with Gasteiger partial charge in [-0.15, -0.1) is 0 Å². The summed E-state index contributed by atoms with van der Waals surface area (Å²) in [6.07, 6.45) is 2.43. The Morgan fingerprint density at radius 1 is 1.26 bits per heavy atom. The molecule has 0 aliphatic rings. The minimum Gasteiger partial charge on any atom is -0.492 e. The quantitative estimate of drug-likeness (QED) is 0.743. The molecule has 1 N–H and O–H groups in total. The monoisotopic (exact) mass is 327 g/mol. The van der Waals surface area contributed by atoms with Crippen molar-refractivity contribution in [3.8, 4) is 5.75 Å². The Balaban J connectivity index is 2.52. The standard InChI is InChI=1S/C16H26BrNO/c1-5-6-13(4)11-19-16-8-7-14(9-15(16)17)10-18-12(2)3/h7-9,12-13,18H,5-6,10-11H2,1-4H3. The summed E-state index contributed by atoms with van der Waals surface area (Å²) in [5, 5.41) is 3.41. The lowest BCUT2D eigenvalue weighted by molar-refractivity contribution is 0.250. The van der Waals surface area contributed by atoms with Crippen molar-refractivity contribution in [2.24, 2.45) is 5.92 Å². The topological polar surface area (TPSA) is 21.3 Å². The molecule has 0 aromatic heterocycles. The van der Waals surface area contributed by atoms with Gasteiger partial charge < -0.3 is 10.1 Å². The maximum Gasteiger partial charge on any atom is 0.133 e. The van der Waals surface area contributed by atoms with Gasteiger partial charge in [-0.2, -0.15) is 0 Å². The van der Waals surface area contributed by atoms with Crippen LogP contribution in [0.3, 0.4) is 0 Å². The van der Waals surface area contributed by atoms with Gasteiger partial charge in [-0.3, -0.25) is 0 Å². The average molecular weight is 328 g/mol. The summed E-state index contributed by atoms with van der Waals surface area (Å²) < 4.78 is 6.91. The number of halogens is 1. The van der Waals surface area contributed by atoms with Crippen molar-refractivity contribution in [2.75, 3.05) is 6.61 Å². The first-order valence-electron chi connectivity index (χ1n) is 7.17. The molecule has 0 amide bonds. The molecule has 3 heteroatoms. The molecular weight excluding hydrogens is 302 g/mol. The average Bonchev–Trinajstić information content (AvgIpc) is 2.35. The molecule has 0 spiro atoms. The molecule has 0 radical (unpaired) electrons.